The van der Waals surface area contributed by atoms with Gasteiger partial charge in [-0.1, -0.05) is 0 Å². The minimum Gasteiger partial charge on any atom is -0.480 e. The minimum absolute atomic E-state index is 0.269. The molecule has 28 heavy (non-hydrogen) atoms. The lowest BCUT2D eigenvalue weighted by Gasteiger charge is -2.02. The van der Waals surface area contributed by atoms with Gasteiger partial charge in [-0.2, -0.15) is 0 Å². The van der Waals surface area contributed by atoms with Crippen molar-refractivity contribution in [2.45, 2.75) is 43.8 Å². The molecule has 0 aromatic carbocycles. The fraction of sp³-hybridized carbons (Fsp3) is 0.533. The van der Waals surface area contributed by atoms with Crippen molar-refractivity contribution in [3.05, 3.63) is 18.2 Å². The van der Waals surface area contributed by atoms with Crippen LogP contribution >= 0.6 is 0 Å². The van der Waals surface area contributed by atoms with Crippen LogP contribution in [0.3, 0.4) is 0 Å². The zero-order valence-electron chi connectivity index (χ0n) is 15.1. The van der Waals surface area contributed by atoms with Gasteiger partial charge in [0.2, 0.25) is 5.91 Å². The second kappa shape index (κ2) is 13.2. The Balaban J connectivity index is 0.000000396. The number of carbonyl (C=O) groups excluding carboxylic acids is 1. The number of primary amides is 1. The van der Waals surface area contributed by atoms with E-state index in [0.717, 1.165) is 25.1 Å². The first-order valence-electron chi connectivity index (χ1n) is 8.23. The molecule has 158 valence electrons. The van der Waals surface area contributed by atoms with E-state index in [1.165, 1.54) is 6.33 Å². The van der Waals surface area contributed by atoms with Crippen molar-refractivity contribution in [3.63, 3.8) is 0 Å². The molecule has 2 rings (SSSR count). The second-order valence-electron chi connectivity index (χ2n) is 5.83. The number of aromatic amines is 1. The number of amides is 1. The Morgan fingerprint density at radius 1 is 1.14 bits per heavy atom. The van der Waals surface area contributed by atoms with Gasteiger partial charge in [0.25, 0.3) is 0 Å². The summed E-state index contributed by atoms with van der Waals surface area (Å²) in [6, 6.07) is -2.28. The SMILES string of the molecule is NC(=O)C[C@H](N)C(=O)O.N[C@@H](Cc1cnc[nH]1)C(=O)O.O=C(O)[C@@H]1CCCN1. The molecule has 13 nitrogen and oxygen atoms in total. The van der Waals surface area contributed by atoms with Gasteiger partial charge < -0.3 is 42.8 Å². The van der Waals surface area contributed by atoms with Crippen molar-refractivity contribution in [3.8, 4) is 0 Å². The fourth-order valence-corrected chi connectivity index (χ4v) is 1.92. The molecule has 1 aliphatic rings. The third-order valence-electron chi connectivity index (χ3n) is 3.41. The van der Waals surface area contributed by atoms with Crippen LogP contribution in [0.25, 0.3) is 0 Å². The Labute approximate surface area is 160 Å². The molecule has 0 radical (unpaired) electrons. The van der Waals surface area contributed by atoms with E-state index in [4.69, 9.17) is 26.8 Å². The summed E-state index contributed by atoms with van der Waals surface area (Å²) in [6.45, 7) is 0.858. The van der Waals surface area contributed by atoms with E-state index in [2.05, 4.69) is 21.0 Å². The summed E-state index contributed by atoms with van der Waals surface area (Å²) in [5.74, 6) is -3.64. The van der Waals surface area contributed by atoms with Crippen molar-refractivity contribution in [1.29, 1.82) is 0 Å². The highest BCUT2D eigenvalue weighted by Crippen LogP contribution is 2.03. The molecule has 13 heteroatoms. The van der Waals surface area contributed by atoms with Crippen LogP contribution in [0, 0.1) is 0 Å². The number of nitrogens with zero attached hydrogens (tertiary/aromatic N) is 1. The Morgan fingerprint density at radius 3 is 2.04 bits per heavy atom. The van der Waals surface area contributed by atoms with Gasteiger partial charge in [0.05, 0.1) is 12.7 Å². The van der Waals surface area contributed by atoms with Crippen molar-refractivity contribution in [2.24, 2.45) is 17.2 Å². The number of rotatable bonds is 7. The first-order valence-corrected chi connectivity index (χ1v) is 8.23. The van der Waals surface area contributed by atoms with Crippen molar-refractivity contribution < 1.29 is 34.5 Å². The first-order chi connectivity index (χ1) is 13.0. The van der Waals surface area contributed by atoms with Gasteiger partial charge in [-0.05, 0) is 19.4 Å². The molecule has 1 fully saturated rings. The van der Waals surface area contributed by atoms with Gasteiger partial charge >= 0.3 is 17.9 Å². The average Bonchev–Trinajstić information content (AvgIpc) is 3.29. The Bertz CT molecular complexity index is 631. The zero-order chi connectivity index (χ0) is 21.7. The van der Waals surface area contributed by atoms with Gasteiger partial charge in [-0.15, -0.1) is 0 Å². The fourth-order valence-electron chi connectivity index (χ4n) is 1.92. The summed E-state index contributed by atoms with van der Waals surface area (Å²) in [5, 5.41) is 27.7. The van der Waals surface area contributed by atoms with Crippen LogP contribution in [0.4, 0.5) is 0 Å². The predicted octanol–water partition coefficient (Wildman–Crippen LogP) is -2.54. The van der Waals surface area contributed by atoms with Crippen LogP contribution in [0.1, 0.15) is 25.0 Å². The lowest BCUT2D eigenvalue weighted by molar-refractivity contribution is -0.140. The maximum absolute atomic E-state index is 10.3. The van der Waals surface area contributed by atoms with E-state index in [-0.39, 0.29) is 18.9 Å². The Hall–Kier alpha value is -3.03. The number of aliphatic carboxylic acids is 3. The largest absolute Gasteiger partial charge is 0.480 e. The minimum atomic E-state index is -1.21. The standard InChI is InChI=1S/C6H9N3O2.C5H9NO2.C4H8N2O3/c7-5(6(10)11)1-4-2-8-3-9-4;7-5(8)4-2-1-3-6-4;5-2(4(8)9)1-3(6)7/h2-3,5H,1,7H2,(H,8,9)(H,10,11);4,6H,1-3H2,(H,7,8);2H,1,5H2,(H2,6,7)(H,8,9)/t5-;4-;2-/m000/s1. The molecule has 11 N–H and O–H groups in total. The maximum Gasteiger partial charge on any atom is 0.321 e. The smallest absolute Gasteiger partial charge is 0.321 e. The summed E-state index contributed by atoms with van der Waals surface area (Å²) >= 11 is 0. The molecule has 0 spiro atoms. The predicted molar refractivity (Wildman–Crippen MR) is 96.0 cm³/mol. The van der Waals surface area contributed by atoms with E-state index in [1.54, 1.807) is 6.20 Å². The topological polar surface area (TPSA) is 248 Å². The number of aromatic nitrogens is 2. The van der Waals surface area contributed by atoms with Gasteiger partial charge in [0, 0.05) is 18.3 Å². The van der Waals surface area contributed by atoms with Crippen LogP contribution in [-0.4, -0.2) is 73.8 Å². The molecule has 1 amide bonds. The van der Waals surface area contributed by atoms with E-state index in [0.29, 0.717) is 0 Å². The number of carbonyl (C=O) groups is 4. The molecule has 3 atom stereocenters. The number of carboxylic acids is 3. The monoisotopic (exact) mass is 402 g/mol. The summed E-state index contributed by atoms with van der Waals surface area (Å²) in [6.07, 6.45) is 4.81. The van der Waals surface area contributed by atoms with E-state index in [1.807, 2.05) is 0 Å². The molecule has 0 aliphatic carbocycles. The molecule has 1 aliphatic heterocycles. The highest BCUT2D eigenvalue weighted by molar-refractivity contribution is 5.83. The first kappa shape index (κ1) is 25.0. The lowest BCUT2D eigenvalue weighted by Crippen LogP contribution is -2.34. The molecule has 0 saturated carbocycles. The van der Waals surface area contributed by atoms with Crippen molar-refractivity contribution in [1.82, 2.24) is 15.3 Å². The third-order valence-corrected chi connectivity index (χ3v) is 3.41. The molecular weight excluding hydrogens is 376 g/mol. The van der Waals surface area contributed by atoms with Gasteiger partial charge in [-0.25, -0.2) is 4.98 Å². The zero-order valence-corrected chi connectivity index (χ0v) is 15.1. The number of carboxylic acid groups (broad SMARTS) is 3. The average molecular weight is 402 g/mol. The molecule has 1 aromatic heterocycles. The summed E-state index contributed by atoms with van der Waals surface area (Å²) in [4.78, 5) is 46.8. The number of imidazole rings is 1. The molecule has 1 aromatic rings. The van der Waals surface area contributed by atoms with Gasteiger partial charge in [-0.3, -0.25) is 19.2 Å². The van der Waals surface area contributed by atoms with Crippen molar-refractivity contribution in [2.75, 3.05) is 6.54 Å². The molecule has 0 unspecified atom stereocenters. The number of hydrogen-bond acceptors (Lipinski definition) is 8. The molecule has 0 bridgehead atoms. The molecule has 1 saturated heterocycles. The van der Waals surface area contributed by atoms with Crippen molar-refractivity contribution >= 4 is 23.8 Å². The van der Waals surface area contributed by atoms with Gasteiger partial charge in [0.15, 0.2) is 0 Å². The summed E-state index contributed by atoms with van der Waals surface area (Å²) in [5.41, 5.74) is 15.6. The lowest BCUT2D eigenvalue weighted by atomic mass is 10.2. The number of H-pyrrole nitrogens is 1. The van der Waals surface area contributed by atoms with E-state index < -0.39 is 35.9 Å². The summed E-state index contributed by atoms with van der Waals surface area (Å²) < 4.78 is 0. The second-order valence-corrected chi connectivity index (χ2v) is 5.83. The number of nitrogens with one attached hydrogen (secondary N) is 2. The normalized spacial score (nSPS) is 17.1. The molecular formula is C15H26N6O7. The summed E-state index contributed by atoms with van der Waals surface area (Å²) in [7, 11) is 0. The number of hydrogen-bond donors (Lipinski definition) is 8. The van der Waals surface area contributed by atoms with Crippen LogP contribution in [0.5, 0.6) is 0 Å². The molecule has 2 heterocycles. The number of nitrogens with two attached hydrogens (primary N) is 3. The highest BCUT2D eigenvalue weighted by Gasteiger charge is 2.20. The maximum atomic E-state index is 10.3. The van der Waals surface area contributed by atoms with Gasteiger partial charge in [0.1, 0.15) is 18.1 Å². The van der Waals surface area contributed by atoms with Crippen LogP contribution in [-0.2, 0) is 25.6 Å². The van der Waals surface area contributed by atoms with Crippen LogP contribution in [0.15, 0.2) is 12.5 Å². The Kier molecular flexibility index (Phi) is 11.8. The van der Waals surface area contributed by atoms with E-state index in [9.17, 15) is 19.2 Å². The highest BCUT2D eigenvalue weighted by atomic mass is 16.4. The van der Waals surface area contributed by atoms with E-state index >= 15 is 0 Å². The van der Waals surface area contributed by atoms with Crippen LogP contribution < -0.4 is 22.5 Å². The Morgan fingerprint density at radius 2 is 1.75 bits per heavy atom. The quantitative estimate of drug-likeness (QED) is 0.236. The van der Waals surface area contributed by atoms with Crippen LogP contribution in [0.2, 0.25) is 0 Å². The third kappa shape index (κ3) is 11.6.